The fourth-order valence-corrected chi connectivity index (χ4v) is 4.17. The van der Waals surface area contributed by atoms with Crippen LogP contribution in [0.1, 0.15) is 38.2 Å². The topological polar surface area (TPSA) is 78.5 Å². The molecule has 1 saturated heterocycles. The molecule has 1 spiro atoms. The van der Waals surface area contributed by atoms with Crippen molar-refractivity contribution >= 4 is 41.0 Å². The second kappa shape index (κ2) is 7.45. The molecule has 2 N–H and O–H groups in total. The first kappa shape index (κ1) is 19.0. The second-order valence-electron chi connectivity index (χ2n) is 6.95. The van der Waals surface area contributed by atoms with Crippen LogP contribution >= 0.6 is 23.2 Å². The van der Waals surface area contributed by atoms with Crippen LogP contribution in [0.5, 0.6) is 0 Å². The van der Waals surface area contributed by atoms with E-state index in [2.05, 4.69) is 10.6 Å². The molecule has 1 aliphatic carbocycles. The lowest BCUT2D eigenvalue weighted by Gasteiger charge is -2.36. The minimum atomic E-state index is -0.852. The van der Waals surface area contributed by atoms with Crippen molar-refractivity contribution in [3.63, 3.8) is 0 Å². The third kappa shape index (κ3) is 3.53. The monoisotopic (exact) mass is 397 g/mol. The minimum absolute atomic E-state index is 0.0636. The zero-order valence-corrected chi connectivity index (χ0v) is 16.0. The number of carbonyl (C=O) groups is 3. The van der Waals surface area contributed by atoms with Gasteiger partial charge in [0.2, 0.25) is 5.91 Å². The van der Waals surface area contributed by atoms with Crippen molar-refractivity contribution in [1.82, 2.24) is 15.5 Å². The number of nitrogens with one attached hydrogen (secondary N) is 2. The summed E-state index contributed by atoms with van der Waals surface area (Å²) in [7, 11) is 0. The van der Waals surface area contributed by atoms with Crippen molar-refractivity contribution in [1.29, 1.82) is 0 Å². The molecule has 140 valence electrons. The molecule has 8 heteroatoms. The normalized spacial score (nSPS) is 25.5. The molecule has 0 bridgehead atoms. The van der Waals surface area contributed by atoms with Crippen LogP contribution in [0.3, 0.4) is 0 Å². The Balaban J connectivity index is 1.62. The van der Waals surface area contributed by atoms with Gasteiger partial charge in [-0.3, -0.25) is 14.5 Å². The molecule has 1 saturated carbocycles. The number of hydrogen-bond acceptors (Lipinski definition) is 3. The van der Waals surface area contributed by atoms with Crippen LogP contribution in [0.25, 0.3) is 0 Å². The molecule has 0 radical (unpaired) electrons. The third-order valence-electron chi connectivity index (χ3n) is 5.29. The molecule has 2 atom stereocenters. The van der Waals surface area contributed by atoms with Gasteiger partial charge in [-0.15, -0.1) is 0 Å². The van der Waals surface area contributed by atoms with Gasteiger partial charge in [-0.25, -0.2) is 4.79 Å². The van der Waals surface area contributed by atoms with Crippen molar-refractivity contribution in [2.45, 2.75) is 44.7 Å². The maximum atomic E-state index is 12.8. The van der Waals surface area contributed by atoms with E-state index in [4.69, 9.17) is 23.2 Å². The van der Waals surface area contributed by atoms with Crippen LogP contribution in [0, 0.1) is 5.92 Å². The number of amides is 4. The van der Waals surface area contributed by atoms with Crippen LogP contribution in [-0.4, -0.2) is 34.8 Å². The van der Waals surface area contributed by atoms with Crippen molar-refractivity contribution < 1.29 is 14.4 Å². The summed E-state index contributed by atoms with van der Waals surface area (Å²) in [6.07, 6.45) is 3.46. The first-order valence-electron chi connectivity index (χ1n) is 8.68. The zero-order valence-electron chi connectivity index (χ0n) is 14.5. The fraction of sp³-hybridized carbons (Fsp3) is 0.500. The molecule has 1 aliphatic heterocycles. The largest absolute Gasteiger partial charge is 0.350 e. The fourth-order valence-electron chi connectivity index (χ4n) is 3.70. The highest BCUT2D eigenvalue weighted by Crippen LogP contribution is 2.38. The maximum absolute atomic E-state index is 12.8. The summed E-state index contributed by atoms with van der Waals surface area (Å²) in [5.41, 5.74) is -0.145. The Morgan fingerprint density at radius 1 is 1.35 bits per heavy atom. The molecule has 3 rings (SSSR count). The summed E-state index contributed by atoms with van der Waals surface area (Å²) >= 11 is 11.9. The molecule has 6 nitrogen and oxygen atoms in total. The van der Waals surface area contributed by atoms with Crippen LogP contribution in [0.2, 0.25) is 10.0 Å². The van der Waals surface area contributed by atoms with Crippen molar-refractivity contribution in [3.8, 4) is 0 Å². The van der Waals surface area contributed by atoms with E-state index in [1.54, 1.807) is 18.2 Å². The molecular formula is C18H21Cl2N3O3. The minimum Gasteiger partial charge on any atom is -0.350 e. The van der Waals surface area contributed by atoms with Gasteiger partial charge < -0.3 is 10.6 Å². The third-order valence-corrected chi connectivity index (χ3v) is 5.88. The Morgan fingerprint density at radius 3 is 2.81 bits per heavy atom. The van der Waals surface area contributed by atoms with E-state index in [9.17, 15) is 14.4 Å². The van der Waals surface area contributed by atoms with E-state index in [1.165, 1.54) is 0 Å². The number of urea groups is 1. The molecule has 2 fully saturated rings. The Labute approximate surface area is 162 Å². The standard InChI is InChI=1S/C18H21Cl2N3O3/c1-11-4-2-3-7-18(11)16(25)23(17(26)22-18)10-15(24)21-9-12-5-6-13(19)8-14(12)20/h5-6,8,11H,2-4,7,9-10H2,1H3,(H,21,24)(H,22,26)/t11-,18-/m0/s1. The Morgan fingerprint density at radius 2 is 2.12 bits per heavy atom. The highest BCUT2D eigenvalue weighted by atomic mass is 35.5. The summed E-state index contributed by atoms with van der Waals surface area (Å²) in [6.45, 7) is 1.87. The molecule has 1 aromatic carbocycles. The highest BCUT2D eigenvalue weighted by Gasteiger charge is 2.55. The predicted molar refractivity (Wildman–Crippen MR) is 98.9 cm³/mol. The number of halogens is 2. The number of nitrogens with zero attached hydrogens (tertiary/aromatic N) is 1. The van der Waals surface area contributed by atoms with E-state index >= 15 is 0 Å². The van der Waals surface area contributed by atoms with E-state index in [1.807, 2.05) is 6.92 Å². The van der Waals surface area contributed by atoms with Gasteiger partial charge in [0, 0.05) is 16.6 Å². The zero-order chi connectivity index (χ0) is 18.9. The van der Waals surface area contributed by atoms with Gasteiger partial charge in [0.1, 0.15) is 12.1 Å². The summed E-state index contributed by atoms with van der Waals surface area (Å²) in [5, 5.41) is 6.48. The van der Waals surface area contributed by atoms with Gasteiger partial charge in [0.25, 0.3) is 5.91 Å². The van der Waals surface area contributed by atoms with Gasteiger partial charge in [0.15, 0.2) is 0 Å². The van der Waals surface area contributed by atoms with Gasteiger partial charge in [-0.05, 0) is 36.5 Å². The average Bonchev–Trinajstić information content (AvgIpc) is 2.82. The Hall–Kier alpha value is -1.79. The number of rotatable bonds is 4. The molecule has 26 heavy (non-hydrogen) atoms. The van der Waals surface area contributed by atoms with Crippen molar-refractivity contribution in [2.75, 3.05) is 6.54 Å². The number of hydrogen-bond donors (Lipinski definition) is 2. The van der Waals surface area contributed by atoms with Crippen LogP contribution in [-0.2, 0) is 16.1 Å². The lowest BCUT2D eigenvalue weighted by atomic mass is 9.73. The summed E-state index contributed by atoms with van der Waals surface area (Å²) in [4.78, 5) is 38.4. The molecule has 0 unspecified atom stereocenters. The highest BCUT2D eigenvalue weighted by molar-refractivity contribution is 6.35. The van der Waals surface area contributed by atoms with E-state index in [0.717, 1.165) is 24.2 Å². The van der Waals surface area contributed by atoms with Gasteiger partial charge >= 0.3 is 6.03 Å². The van der Waals surface area contributed by atoms with Crippen molar-refractivity contribution in [2.24, 2.45) is 5.92 Å². The van der Waals surface area contributed by atoms with E-state index < -0.39 is 17.5 Å². The smallest absolute Gasteiger partial charge is 0.325 e. The van der Waals surface area contributed by atoms with Crippen LogP contribution in [0.15, 0.2) is 18.2 Å². The van der Waals surface area contributed by atoms with E-state index in [0.29, 0.717) is 22.0 Å². The quantitative estimate of drug-likeness (QED) is 0.765. The van der Waals surface area contributed by atoms with Gasteiger partial charge in [-0.1, -0.05) is 49.0 Å². The van der Waals surface area contributed by atoms with Gasteiger partial charge in [0.05, 0.1) is 0 Å². The molecular weight excluding hydrogens is 377 g/mol. The summed E-state index contributed by atoms with van der Waals surface area (Å²) < 4.78 is 0. The molecule has 1 heterocycles. The number of carbonyl (C=O) groups excluding carboxylic acids is 3. The van der Waals surface area contributed by atoms with Crippen LogP contribution in [0.4, 0.5) is 4.79 Å². The molecule has 4 amide bonds. The first-order chi connectivity index (χ1) is 12.3. The van der Waals surface area contributed by atoms with Crippen molar-refractivity contribution in [3.05, 3.63) is 33.8 Å². The lowest BCUT2D eigenvalue weighted by molar-refractivity contribution is -0.137. The van der Waals surface area contributed by atoms with E-state index in [-0.39, 0.29) is 24.9 Å². The lowest BCUT2D eigenvalue weighted by Crippen LogP contribution is -2.54. The number of imide groups is 1. The first-order valence-corrected chi connectivity index (χ1v) is 9.44. The van der Waals surface area contributed by atoms with Crippen LogP contribution < -0.4 is 10.6 Å². The molecule has 0 aromatic heterocycles. The second-order valence-corrected chi connectivity index (χ2v) is 7.80. The molecule has 1 aromatic rings. The maximum Gasteiger partial charge on any atom is 0.325 e. The average molecular weight is 398 g/mol. The SMILES string of the molecule is C[C@H]1CCCC[C@]12NC(=O)N(CC(=O)NCc1ccc(Cl)cc1Cl)C2=O. The summed E-state index contributed by atoms with van der Waals surface area (Å²) in [5.74, 6) is -0.650. The summed E-state index contributed by atoms with van der Waals surface area (Å²) in [6, 6.07) is 4.50. The number of benzene rings is 1. The Kier molecular flexibility index (Phi) is 5.44. The predicted octanol–water partition coefficient (Wildman–Crippen LogP) is 3.11. The molecule has 2 aliphatic rings. The Bertz CT molecular complexity index is 755. The van der Waals surface area contributed by atoms with Gasteiger partial charge in [-0.2, -0.15) is 0 Å².